The third-order valence-corrected chi connectivity index (χ3v) is 3.26. The van der Waals surface area contributed by atoms with E-state index in [9.17, 15) is 18.0 Å². The van der Waals surface area contributed by atoms with Crippen LogP contribution in [0.15, 0.2) is 42.6 Å². The number of benzene rings is 1. The van der Waals surface area contributed by atoms with Crippen LogP contribution >= 0.6 is 0 Å². The average molecular weight is 296 g/mol. The zero-order chi connectivity index (χ0) is 15.6. The van der Waals surface area contributed by atoms with Crippen LogP contribution in [0.1, 0.15) is 34.6 Å². The quantitative estimate of drug-likeness (QED) is 0.923. The minimum atomic E-state index is -4.35. The Hall–Kier alpha value is -2.24. The molecule has 0 bridgehead atoms. The lowest BCUT2D eigenvalue weighted by Gasteiger charge is -2.15. The highest BCUT2D eigenvalue weighted by Gasteiger charge is 2.30. The van der Waals surface area contributed by atoms with Gasteiger partial charge in [0, 0.05) is 13.2 Å². The van der Waals surface area contributed by atoms with Gasteiger partial charge in [0.2, 0.25) is 0 Å². The van der Waals surface area contributed by atoms with E-state index in [4.69, 9.17) is 0 Å². The number of nitrogens with one attached hydrogen (secondary N) is 1. The molecule has 1 heterocycles. The third-order valence-electron chi connectivity index (χ3n) is 3.26. The largest absolute Gasteiger partial charge is 0.416 e. The summed E-state index contributed by atoms with van der Waals surface area (Å²) in [6.07, 6.45) is -2.61. The number of carbonyl (C=O) groups excluding carboxylic acids is 1. The van der Waals surface area contributed by atoms with E-state index in [1.54, 1.807) is 36.9 Å². The molecule has 0 saturated carbocycles. The summed E-state index contributed by atoms with van der Waals surface area (Å²) >= 11 is 0. The van der Waals surface area contributed by atoms with Crippen LogP contribution in [-0.4, -0.2) is 10.5 Å². The molecule has 1 amide bonds. The number of nitrogens with zero attached hydrogens (tertiary/aromatic N) is 1. The van der Waals surface area contributed by atoms with Crippen molar-refractivity contribution < 1.29 is 18.0 Å². The van der Waals surface area contributed by atoms with Crippen LogP contribution in [0.25, 0.3) is 0 Å². The highest BCUT2D eigenvalue weighted by atomic mass is 19.4. The molecule has 0 saturated heterocycles. The molecule has 0 unspecified atom stereocenters. The molecule has 112 valence electrons. The molecular formula is C15H15F3N2O. The lowest BCUT2D eigenvalue weighted by atomic mass is 10.1. The van der Waals surface area contributed by atoms with Crippen LogP contribution in [0.3, 0.4) is 0 Å². The summed E-state index contributed by atoms with van der Waals surface area (Å²) < 4.78 is 39.1. The van der Waals surface area contributed by atoms with Gasteiger partial charge in [0.25, 0.3) is 5.91 Å². The van der Waals surface area contributed by atoms with Crippen LogP contribution < -0.4 is 5.32 Å². The van der Waals surface area contributed by atoms with Crippen molar-refractivity contribution in [3.05, 3.63) is 59.4 Å². The maximum absolute atomic E-state index is 12.5. The second kappa shape index (κ2) is 5.63. The van der Waals surface area contributed by atoms with Crippen molar-refractivity contribution in [2.24, 2.45) is 7.05 Å². The van der Waals surface area contributed by atoms with Crippen LogP contribution in [-0.2, 0) is 13.2 Å². The Morgan fingerprint density at radius 3 is 2.29 bits per heavy atom. The Labute approximate surface area is 120 Å². The van der Waals surface area contributed by atoms with E-state index in [-0.39, 0.29) is 11.9 Å². The van der Waals surface area contributed by atoms with Crippen molar-refractivity contribution in [1.82, 2.24) is 9.88 Å². The lowest BCUT2D eigenvalue weighted by Crippen LogP contribution is -2.28. The van der Waals surface area contributed by atoms with Crippen LogP contribution in [0.4, 0.5) is 13.2 Å². The van der Waals surface area contributed by atoms with Crippen molar-refractivity contribution >= 4 is 5.91 Å². The zero-order valence-corrected chi connectivity index (χ0v) is 11.6. The van der Waals surface area contributed by atoms with Crippen molar-refractivity contribution in [1.29, 1.82) is 0 Å². The summed E-state index contributed by atoms with van der Waals surface area (Å²) in [5.74, 6) is -0.269. The van der Waals surface area contributed by atoms with Gasteiger partial charge < -0.3 is 9.88 Å². The highest BCUT2D eigenvalue weighted by molar-refractivity contribution is 5.92. The van der Waals surface area contributed by atoms with Gasteiger partial charge in [0.1, 0.15) is 5.69 Å². The molecule has 1 atom stereocenters. The summed E-state index contributed by atoms with van der Waals surface area (Å²) in [6, 6.07) is 7.82. The van der Waals surface area contributed by atoms with Crippen molar-refractivity contribution in [2.45, 2.75) is 19.1 Å². The lowest BCUT2D eigenvalue weighted by molar-refractivity contribution is -0.137. The first kappa shape index (κ1) is 15.2. The topological polar surface area (TPSA) is 34.0 Å². The molecule has 6 heteroatoms. The third kappa shape index (κ3) is 3.45. The average Bonchev–Trinajstić information content (AvgIpc) is 2.84. The molecule has 0 aliphatic heterocycles. The number of halogens is 3. The molecule has 0 aliphatic carbocycles. The van der Waals surface area contributed by atoms with E-state index in [0.29, 0.717) is 11.3 Å². The van der Waals surface area contributed by atoms with Gasteiger partial charge in [-0.05, 0) is 36.8 Å². The van der Waals surface area contributed by atoms with Crippen LogP contribution in [0, 0.1) is 0 Å². The fraction of sp³-hybridized carbons (Fsp3) is 0.267. The Morgan fingerprint density at radius 1 is 1.19 bits per heavy atom. The monoisotopic (exact) mass is 296 g/mol. The Kier molecular flexibility index (Phi) is 4.06. The van der Waals surface area contributed by atoms with Gasteiger partial charge in [-0.25, -0.2) is 0 Å². The summed E-state index contributed by atoms with van der Waals surface area (Å²) in [4.78, 5) is 12.0. The minimum absolute atomic E-state index is 0.269. The fourth-order valence-electron chi connectivity index (χ4n) is 2.01. The molecule has 0 fully saturated rings. The summed E-state index contributed by atoms with van der Waals surface area (Å²) in [7, 11) is 1.75. The second-order valence-corrected chi connectivity index (χ2v) is 4.82. The second-order valence-electron chi connectivity index (χ2n) is 4.82. The predicted octanol–water partition coefficient (Wildman–Crippen LogP) is 3.53. The first-order chi connectivity index (χ1) is 9.79. The van der Waals surface area contributed by atoms with Gasteiger partial charge in [-0.1, -0.05) is 12.1 Å². The number of hydrogen-bond acceptors (Lipinski definition) is 1. The van der Waals surface area contributed by atoms with E-state index in [2.05, 4.69) is 5.32 Å². The molecule has 0 spiro atoms. The smallest absolute Gasteiger partial charge is 0.347 e. The molecule has 21 heavy (non-hydrogen) atoms. The predicted molar refractivity (Wildman–Crippen MR) is 72.7 cm³/mol. The Morgan fingerprint density at radius 2 is 1.81 bits per heavy atom. The normalized spacial score (nSPS) is 13.0. The number of hydrogen-bond donors (Lipinski definition) is 1. The highest BCUT2D eigenvalue weighted by Crippen LogP contribution is 2.29. The number of alkyl halides is 3. The molecule has 3 nitrogen and oxygen atoms in total. The first-order valence-corrected chi connectivity index (χ1v) is 6.38. The van der Waals surface area contributed by atoms with E-state index in [0.717, 1.165) is 12.1 Å². The number of aryl methyl sites for hydroxylation is 1. The van der Waals surface area contributed by atoms with E-state index in [1.165, 1.54) is 12.1 Å². The molecular weight excluding hydrogens is 281 g/mol. The van der Waals surface area contributed by atoms with Crippen molar-refractivity contribution in [3.8, 4) is 0 Å². The SMILES string of the molecule is C[C@@H](NC(=O)c1cccn1C)c1ccc(C(F)(F)F)cc1. The number of carbonyl (C=O) groups is 1. The number of aromatic nitrogens is 1. The van der Waals surface area contributed by atoms with Gasteiger partial charge in [-0.2, -0.15) is 13.2 Å². The van der Waals surface area contributed by atoms with E-state index in [1.807, 2.05) is 0 Å². The molecule has 2 aromatic rings. The summed E-state index contributed by atoms with van der Waals surface area (Å²) in [6.45, 7) is 1.73. The van der Waals surface area contributed by atoms with Gasteiger partial charge in [-0.15, -0.1) is 0 Å². The minimum Gasteiger partial charge on any atom is -0.347 e. The standard InChI is InChI=1S/C15H15F3N2O/c1-10(19-14(21)13-4-3-9-20(13)2)11-5-7-12(8-6-11)15(16,17)18/h3-10H,1-2H3,(H,19,21)/t10-/m1/s1. The van der Waals surface area contributed by atoms with Gasteiger partial charge in [0.15, 0.2) is 0 Å². The molecule has 1 aromatic heterocycles. The van der Waals surface area contributed by atoms with Gasteiger partial charge in [-0.3, -0.25) is 4.79 Å². The van der Waals surface area contributed by atoms with E-state index >= 15 is 0 Å². The molecule has 0 aliphatic rings. The van der Waals surface area contributed by atoms with Gasteiger partial charge >= 0.3 is 6.18 Å². The Bertz CT molecular complexity index is 629. The maximum atomic E-state index is 12.5. The molecule has 1 N–H and O–H groups in total. The van der Waals surface area contributed by atoms with Crippen molar-refractivity contribution in [2.75, 3.05) is 0 Å². The molecule has 2 rings (SSSR count). The number of amides is 1. The summed E-state index contributed by atoms with van der Waals surface area (Å²) in [5.41, 5.74) is 0.409. The zero-order valence-electron chi connectivity index (χ0n) is 11.6. The van der Waals surface area contributed by atoms with Gasteiger partial charge in [0.05, 0.1) is 11.6 Å². The fourth-order valence-corrected chi connectivity index (χ4v) is 2.01. The molecule has 1 aromatic carbocycles. The molecule has 0 radical (unpaired) electrons. The Balaban J connectivity index is 2.09. The van der Waals surface area contributed by atoms with Crippen molar-refractivity contribution in [3.63, 3.8) is 0 Å². The van der Waals surface area contributed by atoms with E-state index < -0.39 is 11.7 Å². The van der Waals surface area contributed by atoms with Crippen LogP contribution in [0.5, 0.6) is 0 Å². The number of rotatable bonds is 3. The maximum Gasteiger partial charge on any atom is 0.416 e. The first-order valence-electron chi connectivity index (χ1n) is 6.38. The van der Waals surface area contributed by atoms with Crippen LogP contribution in [0.2, 0.25) is 0 Å². The summed E-state index contributed by atoms with van der Waals surface area (Å²) in [5, 5.41) is 2.76.